The normalized spacial score (nSPS) is 14.5. The Morgan fingerprint density at radius 2 is 1.86 bits per heavy atom. The number of hydrogen-bond donors (Lipinski definition) is 0. The van der Waals surface area contributed by atoms with Gasteiger partial charge in [-0.15, -0.1) is 0 Å². The van der Waals surface area contributed by atoms with Gasteiger partial charge < -0.3 is 4.90 Å². The molecule has 118 valence electrons. The summed E-state index contributed by atoms with van der Waals surface area (Å²) in [4.78, 5) is 2.13. The molecule has 0 amide bonds. The first-order valence-corrected chi connectivity index (χ1v) is 7.83. The zero-order valence-electron chi connectivity index (χ0n) is 14.7. The molecule has 0 heterocycles. The van der Waals surface area contributed by atoms with Crippen molar-refractivity contribution in [3.05, 3.63) is 72.8 Å². The van der Waals surface area contributed by atoms with Crippen molar-refractivity contribution in [3.8, 4) is 0 Å². The van der Waals surface area contributed by atoms with E-state index in [1.807, 2.05) is 19.1 Å². The van der Waals surface area contributed by atoms with Crippen molar-refractivity contribution in [1.82, 2.24) is 4.90 Å². The Bertz CT molecular complexity index is 480. The van der Waals surface area contributed by atoms with E-state index in [1.165, 1.54) is 0 Å². The molecule has 0 aromatic rings. The quantitative estimate of drug-likeness (QED) is 0.356. The summed E-state index contributed by atoms with van der Waals surface area (Å²) in [6, 6.07) is 0. The summed E-state index contributed by atoms with van der Waals surface area (Å²) in [5.41, 5.74) is 4.27. The van der Waals surface area contributed by atoms with Crippen molar-refractivity contribution in [1.29, 1.82) is 0 Å². The van der Waals surface area contributed by atoms with E-state index in [1.54, 1.807) is 6.08 Å². The summed E-state index contributed by atoms with van der Waals surface area (Å²) in [6.07, 6.45) is 12.8. The van der Waals surface area contributed by atoms with E-state index in [0.717, 1.165) is 41.8 Å². The van der Waals surface area contributed by atoms with E-state index in [-0.39, 0.29) is 0 Å². The highest BCUT2D eigenvalue weighted by molar-refractivity contribution is 6.08. The SMILES string of the molecule is [B]CC(C)CC/C=C\C(=C/C=C)N(C(=C)C)/C(C)=C(/C)C=C. The molecule has 0 N–H and O–H groups in total. The molecule has 0 aliphatic heterocycles. The number of allylic oxidation sites excluding steroid dienone is 8. The maximum absolute atomic E-state index is 5.65. The Hall–Kier alpha value is -1.70. The van der Waals surface area contributed by atoms with Gasteiger partial charge in [0.15, 0.2) is 0 Å². The molecule has 0 aromatic heterocycles. The number of nitrogens with zero attached hydrogens (tertiary/aromatic N) is 1. The monoisotopic (exact) mass is 295 g/mol. The summed E-state index contributed by atoms with van der Waals surface area (Å²) < 4.78 is 0. The van der Waals surface area contributed by atoms with Crippen molar-refractivity contribution in [2.45, 2.75) is 46.9 Å². The van der Waals surface area contributed by atoms with Crippen LogP contribution in [0.5, 0.6) is 0 Å². The lowest BCUT2D eigenvalue weighted by molar-refractivity contribution is 0.540. The van der Waals surface area contributed by atoms with Crippen LogP contribution >= 0.6 is 0 Å². The highest BCUT2D eigenvalue weighted by Crippen LogP contribution is 2.23. The van der Waals surface area contributed by atoms with Gasteiger partial charge in [-0.1, -0.05) is 57.1 Å². The van der Waals surface area contributed by atoms with Crippen LogP contribution in [-0.4, -0.2) is 12.7 Å². The van der Waals surface area contributed by atoms with Crippen LogP contribution in [-0.2, 0) is 0 Å². The summed E-state index contributed by atoms with van der Waals surface area (Å²) in [5.74, 6) is 0.554. The third-order valence-corrected chi connectivity index (χ3v) is 3.66. The van der Waals surface area contributed by atoms with Gasteiger partial charge in [0, 0.05) is 17.1 Å². The number of hydrogen-bond acceptors (Lipinski definition) is 1. The van der Waals surface area contributed by atoms with Gasteiger partial charge in [0.25, 0.3) is 0 Å². The molecule has 2 heteroatoms. The van der Waals surface area contributed by atoms with Gasteiger partial charge in [-0.05, 0) is 51.3 Å². The Morgan fingerprint density at radius 3 is 2.32 bits per heavy atom. The van der Waals surface area contributed by atoms with E-state index in [2.05, 4.69) is 57.6 Å². The minimum Gasteiger partial charge on any atom is -0.319 e. The molecule has 0 saturated carbocycles. The molecular formula is C20H30BN. The lowest BCUT2D eigenvalue weighted by Crippen LogP contribution is -2.18. The molecule has 0 aliphatic carbocycles. The van der Waals surface area contributed by atoms with E-state index < -0.39 is 0 Å². The molecular weight excluding hydrogens is 265 g/mol. The molecule has 1 nitrogen and oxygen atoms in total. The van der Waals surface area contributed by atoms with Crippen LogP contribution in [0, 0.1) is 5.92 Å². The van der Waals surface area contributed by atoms with Gasteiger partial charge >= 0.3 is 0 Å². The minimum absolute atomic E-state index is 0.554. The Labute approximate surface area is 138 Å². The Balaban J connectivity index is 5.31. The molecule has 0 aliphatic rings. The van der Waals surface area contributed by atoms with Crippen LogP contribution in [0.1, 0.15) is 40.5 Å². The second kappa shape index (κ2) is 11.0. The standard InChI is InChI=1S/C20H30BN/c1-8-12-20(14-11-10-13-17(5)15-21)22(16(3)4)19(7)18(6)9-2/h8-9,11-12,14,17H,1-3,10,13,15H2,4-7H3/b14-11-,19-18-,20-12+. The highest BCUT2D eigenvalue weighted by atomic mass is 15.2. The van der Waals surface area contributed by atoms with Crippen molar-refractivity contribution >= 4 is 7.85 Å². The van der Waals surface area contributed by atoms with Crippen LogP contribution in [0.15, 0.2) is 72.8 Å². The van der Waals surface area contributed by atoms with E-state index in [4.69, 9.17) is 7.85 Å². The van der Waals surface area contributed by atoms with Gasteiger partial charge in [0.05, 0.1) is 7.85 Å². The second-order valence-corrected chi connectivity index (χ2v) is 5.69. The maximum atomic E-state index is 5.65. The average molecular weight is 295 g/mol. The molecule has 0 rings (SSSR count). The molecule has 0 bridgehead atoms. The fraction of sp³-hybridized carbons (Fsp3) is 0.400. The first-order valence-electron chi connectivity index (χ1n) is 7.83. The fourth-order valence-corrected chi connectivity index (χ4v) is 2.05. The predicted octanol–water partition coefficient (Wildman–Crippen LogP) is 5.93. The van der Waals surface area contributed by atoms with Crippen molar-refractivity contribution in [2.24, 2.45) is 5.92 Å². The molecule has 0 fully saturated rings. The van der Waals surface area contributed by atoms with Crippen LogP contribution < -0.4 is 0 Å². The third-order valence-electron chi connectivity index (χ3n) is 3.66. The number of rotatable bonds is 10. The van der Waals surface area contributed by atoms with Gasteiger partial charge in [-0.25, -0.2) is 0 Å². The predicted molar refractivity (Wildman–Crippen MR) is 102 cm³/mol. The van der Waals surface area contributed by atoms with Crippen LogP contribution in [0.4, 0.5) is 0 Å². The van der Waals surface area contributed by atoms with Crippen LogP contribution in [0.2, 0.25) is 6.32 Å². The fourth-order valence-electron chi connectivity index (χ4n) is 2.05. The molecule has 0 aromatic carbocycles. The van der Waals surface area contributed by atoms with Gasteiger partial charge in [0.1, 0.15) is 0 Å². The Kier molecular flexibility index (Phi) is 10.1. The van der Waals surface area contributed by atoms with Gasteiger partial charge in [-0.2, -0.15) is 0 Å². The zero-order chi connectivity index (χ0) is 17.1. The smallest absolute Gasteiger partial charge is 0.0656 e. The second-order valence-electron chi connectivity index (χ2n) is 5.69. The molecule has 2 radical (unpaired) electrons. The van der Waals surface area contributed by atoms with Crippen molar-refractivity contribution in [3.63, 3.8) is 0 Å². The first-order chi connectivity index (χ1) is 10.4. The average Bonchev–Trinajstić information content (AvgIpc) is 2.49. The summed E-state index contributed by atoms with van der Waals surface area (Å²) in [5, 5.41) is 0. The Morgan fingerprint density at radius 1 is 1.23 bits per heavy atom. The molecule has 0 saturated heterocycles. The zero-order valence-corrected chi connectivity index (χ0v) is 14.7. The van der Waals surface area contributed by atoms with E-state index in [9.17, 15) is 0 Å². The minimum atomic E-state index is 0.554. The first kappa shape index (κ1) is 20.3. The van der Waals surface area contributed by atoms with Gasteiger partial charge in [-0.3, -0.25) is 0 Å². The van der Waals surface area contributed by atoms with Crippen LogP contribution in [0.25, 0.3) is 0 Å². The molecule has 1 unspecified atom stereocenters. The van der Waals surface area contributed by atoms with Crippen molar-refractivity contribution in [2.75, 3.05) is 0 Å². The highest BCUT2D eigenvalue weighted by Gasteiger charge is 2.11. The lowest BCUT2D eigenvalue weighted by atomic mass is 9.89. The maximum Gasteiger partial charge on any atom is 0.0656 e. The van der Waals surface area contributed by atoms with Crippen molar-refractivity contribution < 1.29 is 0 Å². The topological polar surface area (TPSA) is 3.24 Å². The summed E-state index contributed by atoms with van der Waals surface area (Å²) in [7, 11) is 5.65. The van der Waals surface area contributed by atoms with E-state index >= 15 is 0 Å². The van der Waals surface area contributed by atoms with E-state index in [0.29, 0.717) is 5.92 Å². The lowest BCUT2D eigenvalue weighted by Gasteiger charge is -2.28. The summed E-state index contributed by atoms with van der Waals surface area (Å²) >= 11 is 0. The molecule has 1 atom stereocenters. The summed E-state index contributed by atoms with van der Waals surface area (Å²) in [6.45, 7) is 20.1. The van der Waals surface area contributed by atoms with Crippen LogP contribution in [0.3, 0.4) is 0 Å². The van der Waals surface area contributed by atoms with Gasteiger partial charge in [0.2, 0.25) is 0 Å². The molecule has 0 spiro atoms. The third kappa shape index (κ3) is 6.84. The molecule has 22 heavy (non-hydrogen) atoms. The largest absolute Gasteiger partial charge is 0.319 e.